The van der Waals surface area contributed by atoms with Gasteiger partial charge in [-0.15, -0.1) is 10.2 Å². The molecule has 4 rings (SSSR count). The van der Waals surface area contributed by atoms with Crippen molar-refractivity contribution < 1.29 is 4.79 Å². The fourth-order valence-electron chi connectivity index (χ4n) is 3.28. The molecule has 1 aromatic carbocycles. The van der Waals surface area contributed by atoms with E-state index in [4.69, 9.17) is 0 Å². The smallest absolute Gasteiger partial charge is 0.253 e. The van der Waals surface area contributed by atoms with Crippen LogP contribution in [0.25, 0.3) is 5.69 Å². The van der Waals surface area contributed by atoms with Gasteiger partial charge in [0.2, 0.25) is 0 Å². The highest BCUT2D eigenvalue weighted by Gasteiger charge is 2.25. The molecule has 7 heteroatoms. The Morgan fingerprint density at radius 2 is 1.92 bits per heavy atom. The van der Waals surface area contributed by atoms with Gasteiger partial charge in [0.15, 0.2) is 0 Å². The Hall–Kier alpha value is -2.96. The van der Waals surface area contributed by atoms with Crippen molar-refractivity contribution in [2.45, 2.75) is 25.8 Å². The fourth-order valence-corrected chi connectivity index (χ4v) is 3.28. The lowest BCUT2D eigenvalue weighted by Crippen LogP contribution is -2.40. The van der Waals surface area contributed by atoms with Gasteiger partial charge in [0.25, 0.3) is 5.91 Å². The second-order valence-corrected chi connectivity index (χ2v) is 6.46. The normalized spacial score (nSPS) is 17.6. The number of carbonyl (C=O) groups excluding carboxylic acids is 1. The van der Waals surface area contributed by atoms with E-state index in [1.54, 1.807) is 12.7 Å². The van der Waals surface area contributed by atoms with Crippen LogP contribution in [-0.2, 0) is 0 Å². The van der Waals surface area contributed by atoms with E-state index in [1.807, 2.05) is 57.7 Å². The van der Waals surface area contributed by atoms with E-state index in [9.17, 15) is 4.79 Å². The number of amides is 1. The van der Waals surface area contributed by atoms with E-state index < -0.39 is 0 Å². The summed E-state index contributed by atoms with van der Waals surface area (Å²) in [5, 5.41) is 12.0. The van der Waals surface area contributed by atoms with Crippen molar-refractivity contribution >= 4 is 5.91 Å². The highest BCUT2D eigenvalue weighted by Crippen LogP contribution is 2.23. The van der Waals surface area contributed by atoms with Crippen LogP contribution in [0.4, 0.5) is 0 Å². The molecular formula is C18H20N6O. The summed E-state index contributed by atoms with van der Waals surface area (Å²) >= 11 is 0. The number of aryl methyl sites for hydroxylation is 1. The summed E-state index contributed by atoms with van der Waals surface area (Å²) in [7, 11) is 0. The molecule has 1 atom stereocenters. The second kappa shape index (κ2) is 6.51. The van der Waals surface area contributed by atoms with Crippen molar-refractivity contribution in [3.05, 3.63) is 60.4 Å². The predicted molar refractivity (Wildman–Crippen MR) is 92.5 cm³/mol. The number of hydrogen-bond acceptors (Lipinski definition) is 4. The predicted octanol–water partition coefficient (Wildman–Crippen LogP) is 2.25. The molecule has 25 heavy (non-hydrogen) atoms. The number of benzene rings is 1. The lowest BCUT2D eigenvalue weighted by molar-refractivity contribution is 0.0673. The Bertz CT molecular complexity index is 852. The third-order valence-electron chi connectivity index (χ3n) is 4.62. The molecule has 1 unspecified atom stereocenters. The molecule has 1 saturated heterocycles. The van der Waals surface area contributed by atoms with Crippen LogP contribution < -0.4 is 0 Å². The molecule has 1 amide bonds. The van der Waals surface area contributed by atoms with Gasteiger partial charge in [-0.25, -0.2) is 0 Å². The van der Waals surface area contributed by atoms with Crippen molar-refractivity contribution in [1.82, 2.24) is 29.4 Å². The first-order chi connectivity index (χ1) is 12.2. The number of carbonyl (C=O) groups is 1. The molecule has 0 spiro atoms. The molecule has 0 saturated carbocycles. The third-order valence-corrected chi connectivity index (χ3v) is 4.62. The van der Waals surface area contributed by atoms with Crippen LogP contribution in [0.2, 0.25) is 0 Å². The van der Waals surface area contributed by atoms with Gasteiger partial charge in [-0.1, -0.05) is 0 Å². The van der Waals surface area contributed by atoms with Crippen molar-refractivity contribution in [2.75, 3.05) is 13.1 Å². The summed E-state index contributed by atoms with van der Waals surface area (Å²) in [6.45, 7) is 3.53. The lowest BCUT2D eigenvalue weighted by Gasteiger charge is -2.33. The second-order valence-electron chi connectivity index (χ2n) is 6.46. The highest BCUT2D eigenvalue weighted by molar-refractivity contribution is 5.94. The van der Waals surface area contributed by atoms with Crippen molar-refractivity contribution in [1.29, 1.82) is 0 Å². The summed E-state index contributed by atoms with van der Waals surface area (Å²) in [5.74, 6) is 0.0730. The molecule has 1 aliphatic heterocycles. The molecule has 1 aliphatic rings. The summed E-state index contributed by atoms with van der Waals surface area (Å²) in [4.78, 5) is 14.8. The zero-order chi connectivity index (χ0) is 17.2. The minimum atomic E-state index is 0.0730. The maximum absolute atomic E-state index is 12.8. The lowest BCUT2D eigenvalue weighted by atomic mass is 10.0. The van der Waals surface area contributed by atoms with Crippen molar-refractivity contribution in [2.24, 2.45) is 0 Å². The molecule has 7 nitrogen and oxygen atoms in total. The minimum absolute atomic E-state index is 0.0730. The van der Waals surface area contributed by atoms with Gasteiger partial charge in [-0.2, -0.15) is 5.10 Å². The molecule has 3 aromatic rings. The number of piperidine rings is 1. The molecular weight excluding hydrogens is 316 g/mol. The van der Waals surface area contributed by atoms with Crippen molar-refractivity contribution in [3.63, 3.8) is 0 Å². The Morgan fingerprint density at radius 1 is 1.16 bits per heavy atom. The molecule has 3 heterocycles. The number of hydrogen-bond donors (Lipinski definition) is 0. The average molecular weight is 336 g/mol. The maximum Gasteiger partial charge on any atom is 0.253 e. The zero-order valence-electron chi connectivity index (χ0n) is 14.1. The van der Waals surface area contributed by atoms with Crippen LogP contribution in [0.3, 0.4) is 0 Å². The first-order valence-corrected chi connectivity index (χ1v) is 8.46. The van der Waals surface area contributed by atoms with E-state index in [-0.39, 0.29) is 11.9 Å². The van der Waals surface area contributed by atoms with E-state index >= 15 is 0 Å². The quantitative estimate of drug-likeness (QED) is 0.736. The molecule has 0 aliphatic carbocycles. The molecule has 0 N–H and O–H groups in total. The van der Waals surface area contributed by atoms with Gasteiger partial charge in [-0.05, 0) is 49.6 Å². The van der Waals surface area contributed by atoms with Crippen LogP contribution in [0.1, 0.15) is 34.8 Å². The SMILES string of the molecule is Cc1cnn(C2CCCN(C(=O)c3ccc(-n4cnnc4)cc3)C2)c1. The number of rotatable bonds is 3. The first kappa shape index (κ1) is 15.6. The van der Waals surface area contributed by atoms with Gasteiger partial charge in [0.05, 0.1) is 12.2 Å². The maximum atomic E-state index is 12.8. The van der Waals surface area contributed by atoms with Gasteiger partial charge in [-0.3, -0.25) is 14.0 Å². The summed E-state index contributed by atoms with van der Waals surface area (Å²) in [6.07, 6.45) is 9.23. The van der Waals surface area contributed by atoms with Gasteiger partial charge < -0.3 is 4.90 Å². The highest BCUT2D eigenvalue weighted by atomic mass is 16.2. The van der Waals surface area contributed by atoms with E-state index in [2.05, 4.69) is 15.3 Å². The first-order valence-electron chi connectivity index (χ1n) is 8.46. The van der Waals surface area contributed by atoms with E-state index in [1.165, 1.54) is 0 Å². The van der Waals surface area contributed by atoms with Gasteiger partial charge >= 0.3 is 0 Å². The minimum Gasteiger partial charge on any atom is -0.337 e. The van der Waals surface area contributed by atoms with Gasteiger partial charge in [0.1, 0.15) is 12.7 Å². The standard InChI is InChI=1S/C18H20N6O/c1-14-9-21-24(10-14)17-3-2-8-22(11-17)18(25)15-4-6-16(7-5-15)23-12-19-20-13-23/h4-7,9-10,12-13,17H,2-3,8,11H2,1H3. The monoisotopic (exact) mass is 336 g/mol. The Kier molecular flexibility index (Phi) is 4.05. The molecule has 0 radical (unpaired) electrons. The summed E-state index contributed by atoms with van der Waals surface area (Å²) < 4.78 is 3.80. The van der Waals surface area contributed by atoms with Crippen LogP contribution in [0, 0.1) is 6.92 Å². The fraction of sp³-hybridized carbons (Fsp3) is 0.333. The van der Waals surface area contributed by atoms with Crippen LogP contribution in [0.5, 0.6) is 0 Å². The number of nitrogens with zero attached hydrogens (tertiary/aromatic N) is 6. The Morgan fingerprint density at radius 3 is 2.60 bits per heavy atom. The van der Waals surface area contributed by atoms with Crippen LogP contribution in [-0.4, -0.2) is 48.4 Å². The Balaban J connectivity index is 1.48. The van der Waals surface area contributed by atoms with Crippen LogP contribution in [0.15, 0.2) is 49.3 Å². The Labute approximate surface area is 145 Å². The van der Waals surface area contributed by atoms with Gasteiger partial charge in [0, 0.05) is 30.5 Å². The molecule has 128 valence electrons. The van der Waals surface area contributed by atoms with E-state index in [0.717, 1.165) is 30.6 Å². The zero-order valence-corrected chi connectivity index (χ0v) is 14.1. The third kappa shape index (κ3) is 3.17. The molecule has 2 aromatic heterocycles. The van der Waals surface area contributed by atoms with Crippen molar-refractivity contribution in [3.8, 4) is 5.69 Å². The molecule has 0 bridgehead atoms. The van der Waals surface area contributed by atoms with Crippen LogP contribution >= 0.6 is 0 Å². The average Bonchev–Trinajstić information content (AvgIpc) is 3.33. The topological polar surface area (TPSA) is 68.8 Å². The number of likely N-dealkylation sites (tertiary alicyclic amines) is 1. The van der Waals surface area contributed by atoms with E-state index in [0.29, 0.717) is 12.1 Å². The molecule has 1 fully saturated rings. The summed E-state index contributed by atoms with van der Waals surface area (Å²) in [5.41, 5.74) is 2.78. The largest absolute Gasteiger partial charge is 0.337 e. The number of aromatic nitrogens is 5. The summed E-state index contributed by atoms with van der Waals surface area (Å²) in [6, 6.07) is 7.80.